The van der Waals surface area contributed by atoms with Gasteiger partial charge in [-0.2, -0.15) is 0 Å². The van der Waals surface area contributed by atoms with Gasteiger partial charge >= 0.3 is 12.0 Å². The van der Waals surface area contributed by atoms with Gasteiger partial charge in [0.2, 0.25) is 5.91 Å². The normalized spacial score (nSPS) is 14.9. The maximum Gasteiger partial charge on any atom is 0.339 e. The first kappa shape index (κ1) is 26.7. The van der Waals surface area contributed by atoms with Gasteiger partial charge in [-0.3, -0.25) is 4.79 Å². The maximum atomic E-state index is 13.1. The van der Waals surface area contributed by atoms with E-state index in [0.717, 1.165) is 23.1 Å². The van der Waals surface area contributed by atoms with Gasteiger partial charge in [-0.25, -0.2) is 9.59 Å². The minimum Gasteiger partial charge on any atom is -0.496 e. The largest absolute Gasteiger partial charge is 0.496 e. The molecule has 3 N–H and O–H groups in total. The van der Waals surface area contributed by atoms with Crippen LogP contribution in [0, 0.1) is 6.92 Å². The quantitative estimate of drug-likeness (QED) is 0.351. The molecule has 0 bridgehead atoms. The lowest BCUT2D eigenvalue weighted by Gasteiger charge is -2.24. The number of anilines is 2. The van der Waals surface area contributed by atoms with Crippen LogP contribution in [0.1, 0.15) is 54.1 Å². The summed E-state index contributed by atoms with van der Waals surface area (Å²) in [7, 11) is 1.43. The minimum absolute atomic E-state index is 0.0907. The Balaban J connectivity index is 1.41. The van der Waals surface area contributed by atoms with Gasteiger partial charge < -0.3 is 25.4 Å². The van der Waals surface area contributed by atoms with E-state index >= 15 is 0 Å². The number of nitrogens with one attached hydrogen (secondary N) is 2. The van der Waals surface area contributed by atoms with Crippen LogP contribution in [0.25, 0.3) is 11.1 Å². The number of nitrogens with zero attached hydrogens (tertiary/aromatic N) is 1. The Kier molecular flexibility index (Phi) is 8.00. The molecule has 38 heavy (non-hydrogen) atoms. The van der Waals surface area contributed by atoms with E-state index in [0.29, 0.717) is 30.3 Å². The second-order valence-corrected chi connectivity index (χ2v) is 9.79. The van der Waals surface area contributed by atoms with Crippen molar-refractivity contribution in [1.82, 2.24) is 4.90 Å². The summed E-state index contributed by atoms with van der Waals surface area (Å²) in [5.41, 5.74) is 5.41. The number of carbonyl (C=O) groups is 3. The Bertz CT molecular complexity index is 1350. The van der Waals surface area contributed by atoms with Crippen molar-refractivity contribution >= 4 is 29.3 Å². The molecular formula is C30H33N3O5. The van der Waals surface area contributed by atoms with Crippen molar-refractivity contribution in [2.24, 2.45) is 0 Å². The van der Waals surface area contributed by atoms with Crippen molar-refractivity contribution < 1.29 is 24.2 Å². The maximum absolute atomic E-state index is 13.1. The van der Waals surface area contributed by atoms with Gasteiger partial charge in [0, 0.05) is 17.9 Å². The van der Waals surface area contributed by atoms with Crippen LogP contribution < -0.4 is 15.4 Å². The number of carboxylic acids is 1. The van der Waals surface area contributed by atoms with Crippen LogP contribution in [0.2, 0.25) is 0 Å². The zero-order valence-electron chi connectivity index (χ0n) is 22.1. The number of hydrogen-bond acceptors (Lipinski definition) is 4. The number of benzene rings is 3. The molecule has 0 spiro atoms. The smallest absolute Gasteiger partial charge is 0.339 e. The van der Waals surface area contributed by atoms with Gasteiger partial charge in [-0.05, 0) is 84.3 Å². The minimum atomic E-state index is -1.06. The summed E-state index contributed by atoms with van der Waals surface area (Å²) in [5.74, 6) is -0.608. The summed E-state index contributed by atoms with van der Waals surface area (Å²) in [6, 6.07) is 17.2. The van der Waals surface area contributed by atoms with Gasteiger partial charge in [0.05, 0.1) is 7.11 Å². The lowest BCUT2D eigenvalue weighted by Crippen LogP contribution is -2.45. The van der Waals surface area contributed by atoms with E-state index in [1.165, 1.54) is 18.7 Å². The number of aryl methyl sites for hydroxylation is 1. The van der Waals surface area contributed by atoms with E-state index in [2.05, 4.69) is 24.5 Å². The first-order valence-electron chi connectivity index (χ1n) is 12.7. The van der Waals surface area contributed by atoms with Crippen LogP contribution in [-0.4, -0.2) is 47.6 Å². The second kappa shape index (κ2) is 11.4. The Hall–Kier alpha value is -4.33. The molecular weight excluding hydrogens is 482 g/mol. The van der Waals surface area contributed by atoms with Crippen molar-refractivity contribution in [3.8, 4) is 16.9 Å². The predicted octanol–water partition coefficient (Wildman–Crippen LogP) is 6.13. The molecule has 1 saturated heterocycles. The SMILES string of the molecule is COc1cc(-c2ccc(NC(=O)[C@@H]3CCCN3C(=O)Nc3ccc(C(C)C)c(C)c3)cc2)ccc1C(=O)O. The number of likely N-dealkylation sites (tertiary alicyclic amines) is 1. The molecule has 0 aliphatic carbocycles. The molecule has 8 nitrogen and oxygen atoms in total. The molecule has 4 rings (SSSR count). The fourth-order valence-corrected chi connectivity index (χ4v) is 4.90. The molecule has 3 amide bonds. The van der Waals surface area contributed by atoms with Crippen LogP contribution in [0.5, 0.6) is 5.75 Å². The van der Waals surface area contributed by atoms with Crippen molar-refractivity contribution in [3.05, 3.63) is 77.4 Å². The second-order valence-electron chi connectivity index (χ2n) is 9.79. The Morgan fingerprint density at radius 3 is 2.26 bits per heavy atom. The molecule has 1 heterocycles. The Morgan fingerprint density at radius 2 is 1.63 bits per heavy atom. The number of ether oxygens (including phenoxy) is 1. The van der Waals surface area contributed by atoms with Gasteiger partial charge in [0.1, 0.15) is 17.4 Å². The average molecular weight is 516 g/mol. The van der Waals surface area contributed by atoms with Crippen molar-refractivity contribution in [3.63, 3.8) is 0 Å². The van der Waals surface area contributed by atoms with Gasteiger partial charge in [0.15, 0.2) is 0 Å². The molecule has 0 saturated carbocycles. The Labute approximate surface area is 222 Å². The summed E-state index contributed by atoms with van der Waals surface area (Å²) < 4.78 is 5.21. The number of carboxylic acid groups (broad SMARTS) is 1. The van der Waals surface area contributed by atoms with E-state index in [9.17, 15) is 19.5 Å². The monoisotopic (exact) mass is 515 g/mol. The highest BCUT2D eigenvalue weighted by Gasteiger charge is 2.34. The number of methoxy groups -OCH3 is 1. The number of urea groups is 1. The lowest BCUT2D eigenvalue weighted by molar-refractivity contribution is -0.119. The number of carbonyl (C=O) groups excluding carboxylic acids is 2. The molecule has 0 radical (unpaired) electrons. The third-order valence-corrected chi connectivity index (χ3v) is 6.88. The van der Waals surface area contributed by atoms with Gasteiger partial charge in [0.25, 0.3) is 0 Å². The molecule has 3 aromatic carbocycles. The zero-order chi connectivity index (χ0) is 27.4. The first-order chi connectivity index (χ1) is 18.2. The highest BCUT2D eigenvalue weighted by atomic mass is 16.5. The summed E-state index contributed by atoms with van der Waals surface area (Å²) >= 11 is 0. The zero-order valence-corrected chi connectivity index (χ0v) is 22.1. The number of amides is 3. The molecule has 0 aromatic heterocycles. The molecule has 1 atom stereocenters. The van der Waals surface area contributed by atoms with E-state index in [4.69, 9.17) is 4.74 Å². The molecule has 1 aliphatic heterocycles. The van der Waals surface area contributed by atoms with Crippen molar-refractivity contribution in [1.29, 1.82) is 0 Å². The third kappa shape index (κ3) is 5.80. The summed E-state index contributed by atoms with van der Waals surface area (Å²) in [4.78, 5) is 39.0. The highest BCUT2D eigenvalue weighted by Crippen LogP contribution is 2.29. The van der Waals surface area contributed by atoms with Gasteiger partial charge in [-0.15, -0.1) is 0 Å². The fraction of sp³-hybridized carbons (Fsp3) is 0.300. The number of aromatic carboxylic acids is 1. The lowest BCUT2D eigenvalue weighted by atomic mass is 9.98. The summed E-state index contributed by atoms with van der Waals surface area (Å²) in [6.45, 7) is 6.82. The molecule has 198 valence electrons. The van der Waals surface area contributed by atoms with Crippen LogP contribution in [0.3, 0.4) is 0 Å². The van der Waals surface area contributed by atoms with Crippen molar-refractivity contribution in [2.75, 3.05) is 24.3 Å². The van der Waals surface area contributed by atoms with Crippen LogP contribution >= 0.6 is 0 Å². The molecule has 1 fully saturated rings. The summed E-state index contributed by atoms with van der Waals surface area (Å²) in [6.07, 6.45) is 1.35. The number of hydrogen-bond donors (Lipinski definition) is 3. The Morgan fingerprint density at radius 1 is 0.947 bits per heavy atom. The van der Waals surface area contributed by atoms with E-state index in [1.54, 1.807) is 29.2 Å². The predicted molar refractivity (Wildman–Crippen MR) is 148 cm³/mol. The van der Waals surface area contributed by atoms with E-state index in [-0.39, 0.29) is 23.3 Å². The fourth-order valence-electron chi connectivity index (χ4n) is 4.90. The molecule has 0 unspecified atom stereocenters. The van der Waals surface area contributed by atoms with Crippen molar-refractivity contribution in [2.45, 2.75) is 45.6 Å². The number of rotatable bonds is 7. The average Bonchev–Trinajstić information content (AvgIpc) is 3.39. The topological polar surface area (TPSA) is 108 Å². The summed E-state index contributed by atoms with van der Waals surface area (Å²) in [5, 5.41) is 15.2. The molecule has 8 heteroatoms. The van der Waals surface area contributed by atoms with Crippen LogP contribution in [0.15, 0.2) is 60.7 Å². The third-order valence-electron chi connectivity index (χ3n) is 6.88. The van der Waals surface area contributed by atoms with E-state index < -0.39 is 12.0 Å². The molecule has 1 aliphatic rings. The van der Waals surface area contributed by atoms with Gasteiger partial charge in [-0.1, -0.05) is 38.1 Å². The first-order valence-corrected chi connectivity index (χ1v) is 12.7. The van der Waals surface area contributed by atoms with Crippen LogP contribution in [-0.2, 0) is 4.79 Å². The highest BCUT2D eigenvalue weighted by molar-refractivity contribution is 6.00. The van der Waals surface area contributed by atoms with E-state index in [1.807, 2.05) is 37.3 Å². The molecule has 3 aromatic rings. The standard InChI is InChI=1S/C30H33N3O5/c1-18(2)24-14-12-23(16-19(24)3)32-30(37)33-15-5-6-26(33)28(34)31-22-10-7-20(8-11-22)21-9-13-25(29(35)36)27(17-21)38-4/h7-14,16-18,26H,5-6,15H2,1-4H3,(H,31,34)(H,32,37)(H,35,36)/t26-/m0/s1. The van der Waals surface area contributed by atoms with Crippen LogP contribution in [0.4, 0.5) is 16.2 Å².